The second-order valence-corrected chi connectivity index (χ2v) is 9.47. The zero-order valence-corrected chi connectivity index (χ0v) is 19.5. The van der Waals surface area contributed by atoms with Crippen LogP contribution in [0.15, 0.2) is 29.2 Å². The van der Waals surface area contributed by atoms with Crippen molar-refractivity contribution in [2.45, 2.75) is 44.7 Å². The molecule has 0 unspecified atom stereocenters. The Kier molecular flexibility index (Phi) is 6.09. The summed E-state index contributed by atoms with van der Waals surface area (Å²) in [5.41, 5.74) is -1.50. The van der Waals surface area contributed by atoms with Crippen LogP contribution < -0.4 is 5.43 Å². The number of ether oxygens (including phenoxy) is 1. The number of Topliss-reactive ketones (excluding diaryl/α,β-unsaturated/α-hetero) is 1. The summed E-state index contributed by atoms with van der Waals surface area (Å²) in [5, 5.41) is 10.7. The number of aromatic hydroxyl groups is 1. The molecule has 1 N–H and O–H groups in total. The van der Waals surface area contributed by atoms with E-state index in [9.17, 15) is 23.9 Å². The van der Waals surface area contributed by atoms with Crippen molar-refractivity contribution >= 4 is 23.3 Å². The first-order valence-electron chi connectivity index (χ1n) is 10.9. The Labute approximate surface area is 195 Å². The first-order valence-corrected chi connectivity index (χ1v) is 11.2. The van der Waals surface area contributed by atoms with Gasteiger partial charge in [-0.3, -0.25) is 14.4 Å². The number of hydrogen-bond acceptors (Lipinski definition) is 5. The minimum atomic E-state index is -0.893. The van der Waals surface area contributed by atoms with Gasteiger partial charge in [-0.2, -0.15) is 0 Å². The number of ketones is 1. The summed E-state index contributed by atoms with van der Waals surface area (Å²) in [6.07, 6.45) is 1.98. The van der Waals surface area contributed by atoms with Gasteiger partial charge in [0.15, 0.2) is 17.2 Å². The standard InChI is InChI=1S/C24H26ClFN2O5/c1-13(2)27-12-24(9-15(24)11-33-3)28-10-16(21(30)22(31)20(28)23(27)32)18(29)8-7-14-5-4-6-17(25)19(14)26/h4-6,10,13,15,31H,7-9,11-12H2,1-3H3/t15-,24-/m0/s1. The van der Waals surface area contributed by atoms with Crippen LogP contribution in [0.25, 0.3) is 0 Å². The van der Waals surface area contributed by atoms with E-state index < -0.39 is 34.2 Å². The predicted molar refractivity (Wildman–Crippen MR) is 121 cm³/mol. The SMILES string of the molecule is COC[C@@H]1C[C@]12CN(C(C)C)C(=O)c1c(O)c(=O)c(C(=O)CCc3cccc(Cl)c3F)cn12. The number of amides is 1. The van der Waals surface area contributed by atoms with Gasteiger partial charge >= 0.3 is 0 Å². The monoisotopic (exact) mass is 476 g/mol. The van der Waals surface area contributed by atoms with E-state index in [1.54, 1.807) is 22.6 Å². The normalized spacial score (nSPS) is 21.6. The summed E-state index contributed by atoms with van der Waals surface area (Å²) in [4.78, 5) is 40.6. The Balaban J connectivity index is 1.72. The minimum absolute atomic E-state index is 0.0421. The van der Waals surface area contributed by atoms with Gasteiger partial charge in [-0.1, -0.05) is 23.7 Å². The number of fused-ring (bicyclic) bond motifs is 2. The summed E-state index contributed by atoms with van der Waals surface area (Å²) >= 11 is 5.80. The van der Waals surface area contributed by atoms with Gasteiger partial charge in [-0.05, 0) is 38.3 Å². The van der Waals surface area contributed by atoms with Crippen LogP contribution >= 0.6 is 11.6 Å². The van der Waals surface area contributed by atoms with Crippen molar-refractivity contribution in [3.63, 3.8) is 0 Å². The summed E-state index contributed by atoms with van der Waals surface area (Å²) < 4.78 is 21.1. The van der Waals surface area contributed by atoms with E-state index in [2.05, 4.69) is 0 Å². The van der Waals surface area contributed by atoms with Gasteiger partial charge in [-0.15, -0.1) is 0 Å². The van der Waals surface area contributed by atoms with Crippen molar-refractivity contribution in [2.24, 2.45) is 5.92 Å². The first kappa shape index (κ1) is 23.4. The summed E-state index contributed by atoms with van der Waals surface area (Å²) in [7, 11) is 1.59. The lowest BCUT2D eigenvalue weighted by Gasteiger charge is -2.39. The molecule has 1 amide bonds. The number of aryl methyl sites for hydroxylation is 1. The second kappa shape index (κ2) is 8.57. The summed E-state index contributed by atoms with van der Waals surface area (Å²) in [6, 6.07) is 4.40. The quantitative estimate of drug-likeness (QED) is 0.619. The molecule has 2 aliphatic rings. The molecule has 1 spiro atoms. The fourth-order valence-electron chi connectivity index (χ4n) is 4.75. The average Bonchev–Trinajstić information content (AvgIpc) is 3.46. The number of carbonyl (C=O) groups is 2. The Morgan fingerprint density at radius 3 is 2.76 bits per heavy atom. The zero-order chi connectivity index (χ0) is 24.1. The number of pyridine rings is 1. The van der Waals surface area contributed by atoms with Crippen LogP contribution in [-0.4, -0.2) is 52.6 Å². The molecule has 1 saturated carbocycles. The van der Waals surface area contributed by atoms with E-state index in [0.717, 1.165) is 0 Å². The number of aromatic nitrogens is 1. The zero-order valence-electron chi connectivity index (χ0n) is 18.7. The van der Waals surface area contributed by atoms with Gasteiger partial charge in [0.1, 0.15) is 5.82 Å². The van der Waals surface area contributed by atoms with E-state index >= 15 is 0 Å². The highest BCUT2D eigenvalue weighted by Crippen LogP contribution is 2.54. The van der Waals surface area contributed by atoms with E-state index in [0.29, 0.717) is 19.6 Å². The molecule has 1 fully saturated rings. The number of methoxy groups -OCH3 is 1. The third-order valence-electron chi connectivity index (χ3n) is 6.71. The Hall–Kier alpha value is -2.71. The molecule has 2 aromatic rings. The molecule has 0 bridgehead atoms. The molecule has 1 aliphatic heterocycles. The van der Waals surface area contributed by atoms with Crippen molar-refractivity contribution in [1.29, 1.82) is 0 Å². The van der Waals surface area contributed by atoms with Gasteiger partial charge in [0, 0.05) is 38.2 Å². The number of nitrogens with zero attached hydrogens (tertiary/aromatic N) is 2. The number of hydrogen-bond donors (Lipinski definition) is 1. The molecular weight excluding hydrogens is 451 g/mol. The van der Waals surface area contributed by atoms with E-state index in [1.807, 2.05) is 13.8 Å². The van der Waals surface area contributed by atoms with Crippen LogP contribution in [0.2, 0.25) is 5.02 Å². The number of benzene rings is 1. The molecule has 176 valence electrons. The fourth-order valence-corrected chi connectivity index (χ4v) is 4.94. The van der Waals surface area contributed by atoms with E-state index in [4.69, 9.17) is 16.3 Å². The van der Waals surface area contributed by atoms with Crippen molar-refractivity contribution < 1.29 is 23.8 Å². The molecule has 7 nitrogen and oxygen atoms in total. The van der Waals surface area contributed by atoms with Crippen LogP contribution in [0.4, 0.5) is 4.39 Å². The third kappa shape index (κ3) is 3.85. The lowest BCUT2D eigenvalue weighted by molar-refractivity contribution is 0.0543. The maximum Gasteiger partial charge on any atom is 0.274 e. The van der Waals surface area contributed by atoms with Crippen LogP contribution in [0.5, 0.6) is 5.75 Å². The van der Waals surface area contributed by atoms with Crippen LogP contribution in [0.3, 0.4) is 0 Å². The van der Waals surface area contributed by atoms with Crippen molar-refractivity contribution in [3.8, 4) is 5.75 Å². The molecule has 2 atom stereocenters. The molecule has 1 aromatic heterocycles. The maximum absolute atomic E-state index is 14.2. The van der Waals surface area contributed by atoms with Crippen molar-refractivity contribution in [2.75, 3.05) is 20.3 Å². The summed E-state index contributed by atoms with van der Waals surface area (Å²) in [5.74, 6) is -2.25. The highest BCUT2D eigenvalue weighted by atomic mass is 35.5. The smallest absolute Gasteiger partial charge is 0.274 e. The molecule has 9 heteroatoms. The molecule has 33 heavy (non-hydrogen) atoms. The highest BCUT2D eigenvalue weighted by molar-refractivity contribution is 6.30. The molecular formula is C24H26ClFN2O5. The largest absolute Gasteiger partial charge is 0.503 e. The van der Waals surface area contributed by atoms with Crippen molar-refractivity contribution in [1.82, 2.24) is 9.47 Å². The Morgan fingerprint density at radius 1 is 1.36 bits per heavy atom. The number of rotatable bonds is 7. The van der Waals surface area contributed by atoms with Gasteiger partial charge in [0.2, 0.25) is 5.43 Å². The predicted octanol–water partition coefficient (Wildman–Crippen LogP) is 3.39. The lowest BCUT2D eigenvalue weighted by atomic mass is 9.99. The van der Waals surface area contributed by atoms with E-state index in [-0.39, 0.29) is 46.6 Å². The molecule has 0 radical (unpaired) electrons. The molecule has 1 aromatic carbocycles. The van der Waals surface area contributed by atoms with Crippen LogP contribution in [0, 0.1) is 11.7 Å². The van der Waals surface area contributed by atoms with Gasteiger partial charge in [-0.25, -0.2) is 4.39 Å². The van der Waals surface area contributed by atoms with Gasteiger partial charge < -0.3 is 19.3 Å². The third-order valence-corrected chi connectivity index (χ3v) is 7.01. The Bertz CT molecular complexity index is 1190. The molecule has 0 saturated heterocycles. The fraction of sp³-hybridized carbons (Fsp3) is 0.458. The topological polar surface area (TPSA) is 88.8 Å². The Morgan fingerprint density at radius 2 is 2.09 bits per heavy atom. The average molecular weight is 477 g/mol. The molecule has 4 rings (SSSR count). The second-order valence-electron chi connectivity index (χ2n) is 9.06. The molecule has 1 aliphatic carbocycles. The lowest BCUT2D eigenvalue weighted by Crippen LogP contribution is -2.52. The van der Waals surface area contributed by atoms with E-state index in [1.165, 1.54) is 18.3 Å². The minimum Gasteiger partial charge on any atom is -0.503 e. The van der Waals surface area contributed by atoms with Gasteiger partial charge in [0.25, 0.3) is 5.91 Å². The maximum atomic E-state index is 14.2. The number of halogens is 2. The summed E-state index contributed by atoms with van der Waals surface area (Å²) in [6.45, 7) is 4.59. The number of carbonyl (C=O) groups excluding carboxylic acids is 2. The van der Waals surface area contributed by atoms with Crippen molar-refractivity contribution in [3.05, 3.63) is 62.3 Å². The van der Waals surface area contributed by atoms with Gasteiger partial charge in [0.05, 0.1) is 22.7 Å². The highest BCUT2D eigenvalue weighted by Gasteiger charge is 2.60. The van der Waals surface area contributed by atoms with Crippen LogP contribution in [-0.2, 0) is 16.7 Å². The first-order chi connectivity index (χ1) is 15.6. The van der Waals surface area contributed by atoms with Crippen LogP contribution in [0.1, 0.15) is 53.1 Å². The molecule has 2 heterocycles.